The number of para-hydroxylation sites is 1. The van der Waals surface area contributed by atoms with Gasteiger partial charge in [-0.1, -0.05) is 42.5 Å². The molecular formula is C27H31N5O3S. The van der Waals surface area contributed by atoms with Crippen LogP contribution in [-0.4, -0.2) is 58.4 Å². The first-order chi connectivity index (χ1) is 17.2. The summed E-state index contributed by atoms with van der Waals surface area (Å²) in [6.07, 6.45) is 1.20. The van der Waals surface area contributed by atoms with Gasteiger partial charge in [-0.3, -0.25) is 14.1 Å². The number of nitrogens with zero attached hydrogens (tertiary/aromatic N) is 3. The van der Waals surface area contributed by atoms with Gasteiger partial charge in [-0.25, -0.2) is 8.42 Å². The Morgan fingerprint density at radius 3 is 2.25 bits per heavy atom. The Labute approximate surface area is 212 Å². The Morgan fingerprint density at radius 2 is 1.64 bits per heavy atom. The molecule has 1 unspecified atom stereocenters. The zero-order valence-corrected chi connectivity index (χ0v) is 21.5. The van der Waals surface area contributed by atoms with Gasteiger partial charge < -0.3 is 16.0 Å². The number of likely N-dealkylation sites (N-methyl/N-ethyl adjacent to an activating group) is 1. The fourth-order valence-corrected chi connectivity index (χ4v) is 5.12. The van der Waals surface area contributed by atoms with E-state index in [1.165, 1.54) is 10.6 Å². The normalized spacial score (nSPS) is 15.6. The molecular weight excluding hydrogens is 474 g/mol. The van der Waals surface area contributed by atoms with Crippen LogP contribution in [0.3, 0.4) is 0 Å². The van der Waals surface area contributed by atoms with E-state index < -0.39 is 15.9 Å². The summed E-state index contributed by atoms with van der Waals surface area (Å²) in [6.45, 7) is 1.35. The van der Waals surface area contributed by atoms with Gasteiger partial charge in [0.2, 0.25) is 15.9 Å². The van der Waals surface area contributed by atoms with Gasteiger partial charge in [0.1, 0.15) is 5.92 Å². The second kappa shape index (κ2) is 10.6. The van der Waals surface area contributed by atoms with E-state index in [9.17, 15) is 13.2 Å². The quantitative estimate of drug-likeness (QED) is 0.434. The van der Waals surface area contributed by atoms with Crippen LogP contribution < -0.4 is 15.4 Å². The third-order valence-electron chi connectivity index (χ3n) is 6.09. The number of carbonyl (C=O) groups excluding carboxylic acids is 1. The maximum absolute atomic E-state index is 13.1. The lowest BCUT2D eigenvalue weighted by Crippen LogP contribution is -2.35. The molecule has 1 atom stereocenters. The van der Waals surface area contributed by atoms with Crippen LogP contribution in [0, 0.1) is 0 Å². The van der Waals surface area contributed by atoms with Crippen molar-refractivity contribution in [3.05, 3.63) is 89.5 Å². The highest BCUT2D eigenvalue weighted by Crippen LogP contribution is 2.36. The van der Waals surface area contributed by atoms with Crippen molar-refractivity contribution in [3.63, 3.8) is 0 Å². The summed E-state index contributed by atoms with van der Waals surface area (Å²) in [5.41, 5.74) is 11.0. The van der Waals surface area contributed by atoms with E-state index in [-0.39, 0.29) is 5.91 Å². The molecule has 0 fully saturated rings. The monoisotopic (exact) mass is 505 g/mol. The lowest BCUT2D eigenvalue weighted by Gasteiger charge is -2.24. The minimum Gasteiger partial charge on any atom is -0.326 e. The maximum Gasteiger partial charge on any atom is 0.238 e. The molecule has 3 aromatic rings. The van der Waals surface area contributed by atoms with Crippen LogP contribution in [0.1, 0.15) is 22.6 Å². The predicted octanol–water partition coefficient (Wildman–Crippen LogP) is 3.33. The Bertz CT molecular complexity index is 1370. The summed E-state index contributed by atoms with van der Waals surface area (Å²) >= 11 is 0. The average molecular weight is 506 g/mol. The predicted molar refractivity (Wildman–Crippen MR) is 146 cm³/mol. The average Bonchev–Trinajstić information content (AvgIpc) is 3.18. The number of hydrogen-bond donors (Lipinski definition) is 2. The van der Waals surface area contributed by atoms with Crippen molar-refractivity contribution in [1.82, 2.24) is 4.90 Å². The van der Waals surface area contributed by atoms with Crippen LogP contribution in [0.4, 0.5) is 17.1 Å². The minimum absolute atomic E-state index is 0.138. The standard InChI is InChI=1S/C27H31N5O3S/c1-31(2)16-17-32(36(3,34)35)22-14-12-21(13-15-22)29-26(20-10-8-19(18-28)9-11-20)25-23-6-4-5-7-24(23)30-27(25)33/h4-15,25H,16-18,28H2,1-3H3,(H,30,33). The van der Waals surface area contributed by atoms with Crippen LogP contribution in [0.25, 0.3) is 0 Å². The van der Waals surface area contributed by atoms with Crippen molar-refractivity contribution >= 4 is 38.7 Å². The van der Waals surface area contributed by atoms with E-state index in [4.69, 9.17) is 10.7 Å². The molecule has 3 aromatic carbocycles. The molecule has 3 N–H and O–H groups in total. The lowest BCUT2D eigenvalue weighted by atomic mass is 9.90. The van der Waals surface area contributed by atoms with E-state index in [1.807, 2.05) is 67.5 Å². The highest BCUT2D eigenvalue weighted by Gasteiger charge is 2.35. The molecule has 4 rings (SSSR count). The number of nitrogens with one attached hydrogen (secondary N) is 1. The Kier molecular flexibility index (Phi) is 7.53. The van der Waals surface area contributed by atoms with Crippen molar-refractivity contribution in [2.24, 2.45) is 10.7 Å². The third kappa shape index (κ3) is 5.64. The second-order valence-electron chi connectivity index (χ2n) is 9.06. The third-order valence-corrected chi connectivity index (χ3v) is 7.28. The number of fused-ring (bicyclic) bond motifs is 1. The Morgan fingerprint density at radius 1 is 0.972 bits per heavy atom. The number of aliphatic imine (C=N–C) groups is 1. The highest BCUT2D eigenvalue weighted by molar-refractivity contribution is 7.92. The van der Waals surface area contributed by atoms with Crippen LogP contribution in [-0.2, 0) is 21.4 Å². The van der Waals surface area contributed by atoms with Crippen LogP contribution in [0.2, 0.25) is 0 Å². The number of nitrogens with two attached hydrogens (primary N) is 1. The van der Waals surface area contributed by atoms with Gasteiger partial charge in [-0.15, -0.1) is 0 Å². The van der Waals surface area contributed by atoms with Crippen LogP contribution in [0.15, 0.2) is 77.8 Å². The van der Waals surface area contributed by atoms with Gasteiger partial charge in [0, 0.05) is 25.3 Å². The largest absolute Gasteiger partial charge is 0.326 e. The van der Waals surface area contributed by atoms with Gasteiger partial charge in [0.15, 0.2) is 0 Å². The smallest absolute Gasteiger partial charge is 0.238 e. The molecule has 0 bridgehead atoms. The van der Waals surface area contributed by atoms with Crippen LogP contribution >= 0.6 is 0 Å². The van der Waals surface area contributed by atoms with Crippen LogP contribution in [0.5, 0.6) is 0 Å². The number of anilines is 2. The number of benzene rings is 3. The molecule has 9 heteroatoms. The summed E-state index contributed by atoms with van der Waals surface area (Å²) in [4.78, 5) is 19.9. The lowest BCUT2D eigenvalue weighted by molar-refractivity contribution is -0.115. The number of sulfonamides is 1. The van der Waals surface area contributed by atoms with Gasteiger partial charge >= 0.3 is 0 Å². The second-order valence-corrected chi connectivity index (χ2v) is 11.0. The fraction of sp³-hybridized carbons (Fsp3) is 0.259. The van der Waals surface area contributed by atoms with Crippen molar-refractivity contribution in [3.8, 4) is 0 Å². The highest BCUT2D eigenvalue weighted by atomic mass is 32.2. The molecule has 1 aliphatic heterocycles. The van der Waals surface area contributed by atoms with Crippen molar-refractivity contribution in [2.75, 3.05) is 43.1 Å². The first-order valence-corrected chi connectivity index (χ1v) is 13.5. The Balaban J connectivity index is 1.74. The SMILES string of the molecule is CN(C)CCN(c1ccc(N=C(c2ccc(CN)cc2)C2C(=O)Nc3ccccc32)cc1)S(C)(=O)=O. The molecule has 0 radical (unpaired) electrons. The van der Waals surface area contributed by atoms with Gasteiger partial charge in [-0.05, 0) is 61.1 Å². The number of carbonyl (C=O) groups is 1. The van der Waals surface area contributed by atoms with Crippen molar-refractivity contribution < 1.29 is 13.2 Å². The van der Waals surface area contributed by atoms with Gasteiger partial charge in [-0.2, -0.15) is 0 Å². The zero-order chi connectivity index (χ0) is 25.9. The summed E-state index contributed by atoms with van der Waals surface area (Å²) in [5.74, 6) is -0.710. The molecule has 0 saturated carbocycles. The first kappa shape index (κ1) is 25.6. The summed E-state index contributed by atoms with van der Waals surface area (Å²) in [6, 6.07) is 22.4. The molecule has 0 aliphatic carbocycles. The topological polar surface area (TPSA) is 108 Å². The Hall–Kier alpha value is -3.53. The molecule has 0 spiro atoms. The molecule has 188 valence electrons. The molecule has 0 saturated heterocycles. The van der Waals surface area contributed by atoms with Gasteiger partial charge in [0.05, 0.1) is 23.3 Å². The number of rotatable bonds is 9. The van der Waals surface area contributed by atoms with E-state index >= 15 is 0 Å². The summed E-state index contributed by atoms with van der Waals surface area (Å²) in [7, 11) is 0.355. The molecule has 36 heavy (non-hydrogen) atoms. The first-order valence-electron chi connectivity index (χ1n) is 11.7. The summed E-state index contributed by atoms with van der Waals surface area (Å²) < 4.78 is 26.2. The molecule has 1 aliphatic rings. The minimum atomic E-state index is -3.45. The number of hydrogen-bond acceptors (Lipinski definition) is 6. The maximum atomic E-state index is 13.1. The van der Waals surface area contributed by atoms with Crippen molar-refractivity contribution in [1.29, 1.82) is 0 Å². The molecule has 1 amide bonds. The molecule has 1 heterocycles. The van der Waals surface area contributed by atoms with E-state index in [2.05, 4.69) is 5.32 Å². The van der Waals surface area contributed by atoms with E-state index in [0.29, 0.717) is 36.7 Å². The van der Waals surface area contributed by atoms with Crippen molar-refractivity contribution in [2.45, 2.75) is 12.5 Å². The van der Waals surface area contributed by atoms with E-state index in [1.54, 1.807) is 24.3 Å². The fourth-order valence-electron chi connectivity index (χ4n) is 4.20. The van der Waals surface area contributed by atoms with Gasteiger partial charge in [0.25, 0.3) is 0 Å². The number of amides is 1. The molecule has 8 nitrogen and oxygen atoms in total. The zero-order valence-electron chi connectivity index (χ0n) is 20.7. The summed E-state index contributed by atoms with van der Waals surface area (Å²) in [5, 5.41) is 2.95. The molecule has 0 aromatic heterocycles. The van der Waals surface area contributed by atoms with E-state index in [0.717, 1.165) is 22.4 Å².